The summed E-state index contributed by atoms with van der Waals surface area (Å²) in [4.78, 5) is 2.79. The molecule has 2 bridgehead atoms. The van der Waals surface area contributed by atoms with E-state index in [1.807, 2.05) is 6.92 Å². The van der Waals surface area contributed by atoms with Crippen molar-refractivity contribution in [2.24, 2.45) is 11.0 Å². The second kappa shape index (κ2) is 3.18. The molecule has 0 spiro atoms. The second-order valence-electron chi connectivity index (χ2n) is 3.84. The van der Waals surface area contributed by atoms with Crippen molar-refractivity contribution < 1.29 is 9.84 Å². The quantitative estimate of drug-likeness (QED) is 0.377. The van der Waals surface area contributed by atoms with Gasteiger partial charge < -0.3 is 9.84 Å². The van der Waals surface area contributed by atoms with Gasteiger partial charge in [-0.2, -0.15) is 0 Å². The third-order valence-corrected chi connectivity index (χ3v) is 3.11. The summed E-state index contributed by atoms with van der Waals surface area (Å²) in [6, 6.07) is -0.196. The van der Waals surface area contributed by atoms with Crippen molar-refractivity contribution in [3.63, 3.8) is 0 Å². The highest BCUT2D eigenvalue weighted by molar-refractivity contribution is 4.98. The maximum Gasteiger partial charge on any atom is 0.0841 e. The largest absolute Gasteiger partial charge is 0.390 e. The predicted molar refractivity (Wildman–Crippen MR) is 46.0 cm³/mol. The molecule has 0 radical (unpaired) electrons. The molecule has 0 saturated carbocycles. The van der Waals surface area contributed by atoms with Gasteiger partial charge in [-0.15, -0.1) is 0 Å². The number of aliphatic hydroxyl groups excluding tert-OH is 1. The molecule has 0 aromatic rings. The molecule has 2 unspecified atom stereocenters. The summed E-state index contributed by atoms with van der Waals surface area (Å²) in [6.07, 6.45) is 1.29. The monoisotopic (exact) mass is 183 g/mol. The van der Waals surface area contributed by atoms with Crippen molar-refractivity contribution in [2.45, 2.75) is 44.1 Å². The van der Waals surface area contributed by atoms with E-state index in [1.165, 1.54) is 0 Å². The zero-order chi connectivity index (χ0) is 9.42. The Balaban J connectivity index is 2.21. The summed E-state index contributed by atoms with van der Waals surface area (Å²) in [5.41, 5.74) is 8.37. The highest BCUT2D eigenvalue weighted by Gasteiger charge is 2.46. The molecule has 0 aromatic carbocycles. The van der Waals surface area contributed by atoms with Crippen LogP contribution in [0.3, 0.4) is 0 Å². The summed E-state index contributed by atoms with van der Waals surface area (Å²) in [7, 11) is 0. The van der Waals surface area contributed by atoms with Crippen LogP contribution >= 0.6 is 0 Å². The molecule has 13 heavy (non-hydrogen) atoms. The third-order valence-electron chi connectivity index (χ3n) is 3.11. The molecule has 2 aliphatic rings. The molecule has 2 fully saturated rings. The minimum absolute atomic E-state index is 0.0159. The molecule has 72 valence electrons. The number of ether oxygens (including phenoxy) is 1. The molecule has 2 aliphatic heterocycles. The van der Waals surface area contributed by atoms with E-state index >= 15 is 0 Å². The smallest absolute Gasteiger partial charge is 0.0841 e. The molecule has 0 aliphatic carbocycles. The topological polar surface area (TPSA) is 78.2 Å². The van der Waals surface area contributed by atoms with Crippen molar-refractivity contribution in [2.75, 3.05) is 0 Å². The molecule has 2 rings (SSSR count). The lowest BCUT2D eigenvalue weighted by Gasteiger charge is -2.36. The molecule has 5 heteroatoms. The molecule has 5 atom stereocenters. The van der Waals surface area contributed by atoms with E-state index in [0.717, 1.165) is 12.8 Å². The van der Waals surface area contributed by atoms with Gasteiger partial charge in [0.15, 0.2) is 0 Å². The maximum atomic E-state index is 9.75. The van der Waals surface area contributed by atoms with E-state index in [2.05, 4.69) is 10.0 Å². The third kappa shape index (κ3) is 1.29. The second-order valence-corrected chi connectivity index (χ2v) is 3.84. The van der Waals surface area contributed by atoms with Crippen LogP contribution in [-0.4, -0.2) is 29.5 Å². The first-order valence-corrected chi connectivity index (χ1v) is 4.61. The van der Waals surface area contributed by atoms with Gasteiger partial charge in [-0.25, -0.2) is 0 Å². The van der Waals surface area contributed by atoms with Gasteiger partial charge in [0.2, 0.25) is 0 Å². The first kappa shape index (κ1) is 8.81. The van der Waals surface area contributed by atoms with Crippen molar-refractivity contribution in [1.82, 2.24) is 0 Å². The molecular formula is C8H13N3O2. The van der Waals surface area contributed by atoms with E-state index in [1.54, 1.807) is 0 Å². The Bertz CT molecular complexity index is 252. The lowest BCUT2D eigenvalue weighted by atomic mass is 9.90. The van der Waals surface area contributed by atoms with Gasteiger partial charge >= 0.3 is 0 Å². The van der Waals surface area contributed by atoms with Crippen molar-refractivity contribution in [1.29, 1.82) is 0 Å². The van der Waals surface area contributed by atoms with Crippen LogP contribution in [0.1, 0.15) is 19.8 Å². The van der Waals surface area contributed by atoms with Gasteiger partial charge in [0, 0.05) is 4.91 Å². The van der Waals surface area contributed by atoms with Crippen LogP contribution in [0.15, 0.2) is 5.11 Å². The SMILES string of the molecule is C[C@@H]1C(N=[N+]=[N-])[C@H]2CCC(O2)[C@@H]1O. The summed E-state index contributed by atoms with van der Waals surface area (Å²) in [5.74, 6) is 0.0159. The Morgan fingerprint density at radius 2 is 2.15 bits per heavy atom. The van der Waals surface area contributed by atoms with Crippen LogP contribution in [0.25, 0.3) is 10.4 Å². The number of hydrogen-bond donors (Lipinski definition) is 1. The van der Waals surface area contributed by atoms with E-state index < -0.39 is 6.10 Å². The molecular weight excluding hydrogens is 170 g/mol. The number of aliphatic hydroxyl groups is 1. The van der Waals surface area contributed by atoms with Crippen molar-refractivity contribution in [3.8, 4) is 0 Å². The fourth-order valence-electron chi connectivity index (χ4n) is 2.31. The maximum absolute atomic E-state index is 9.75. The van der Waals surface area contributed by atoms with Gasteiger partial charge in [-0.1, -0.05) is 12.0 Å². The zero-order valence-corrected chi connectivity index (χ0v) is 7.50. The van der Waals surface area contributed by atoms with E-state index in [-0.39, 0.29) is 24.2 Å². The Morgan fingerprint density at radius 3 is 2.85 bits per heavy atom. The minimum atomic E-state index is -0.478. The fourth-order valence-corrected chi connectivity index (χ4v) is 2.31. The molecule has 2 heterocycles. The van der Waals surface area contributed by atoms with Gasteiger partial charge in [-0.3, -0.25) is 0 Å². The van der Waals surface area contributed by atoms with E-state index in [9.17, 15) is 5.11 Å². The molecule has 2 saturated heterocycles. The normalized spacial score (nSPS) is 48.6. The van der Waals surface area contributed by atoms with Crippen LogP contribution in [0, 0.1) is 5.92 Å². The van der Waals surface area contributed by atoms with Crippen LogP contribution in [0.4, 0.5) is 0 Å². The fraction of sp³-hybridized carbons (Fsp3) is 1.00. The molecule has 1 N–H and O–H groups in total. The van der Waals surface area contributed by atoms with Crippen LogP contribution in [-0.2, 0) is 4.74 Å². The lowest BCUT2D eigenvalue weighted by molar-refractivity contribution is -0.112. The predicted octanol–water partition coefficient (Wildman–Crippen LogP) is 1.22. The van der Waals surface area contributed by atoms with Crippen LogP contribution < -0.4 is 0 Å². The van der Waals surface area contributed by atoms with Crippen LogP contribution in [0.5, 0.6) is 0 Å². The van der Waals surface area contributed by atoms with Gasteiger partial charge in [0.05, 0.1) is 24.4 Å². The number of nitrogens with zero attached hydrogens (tertiary/aromatic N) is 3. The number of fused-ring (bicyclic) bond motifs is 2. The average Bonchev–Trinajstić information content (AvgIpc) is 2.56. The van der Waals surface area contributed by atoms with E-state index in [4.69, 9.17) is 10.3 Å². The Hall–Kier alpha value is -0.770. The molecule has 5 nitrogen and oxygen atoms in total. The van der Waals surface area contributed by atoms with Gasteiger partial charge in [-0.05, 0) is 24.3 Å². The summed E-state index contributed by atoms with van der Waals surface area (Å²) < 4.78 is 5.53. The van der Waals surface area contributed by atoms with Gasteiger partial charge in [0.25, 0.3) is 0 Å². The number of hydrogen-bond acceptors (Lipinski definition) is 3. The molecule has 0 amide bonds. The standard InChI is InChI=1S/C8H13N3O2/c1-4-7(10-11-9)5-2-3-6(13-5)8(4)12/h4-8,12H,2-3H2,1H3/t4-,5-,6?,7?,8-/m1/s1. The summed E-state index contributed by atoms with van der Waals surface area (Å²) >= 11 is 0. The Labute approximate surface area is 76.3 Å². The highest BCUT2D eigenvalue weighted by Crippen LogP contribution is 2.37. The summed E-state index contributed by atoms with van der Waals surface area (Å²) in [6.45, 7) is 1.91. The van der Waals surface area contributed by atoms with Crippen LogP contribution in [0.2, 0.25) is 0 Å². The Morgan fingerprint density at radius 1 is 1.46 bits per heavy atom. The number of rotatable bonds is 1. The van der Waals surface area contributed by atoms with Crippen molar-refractivity contribution >= 4 is 0 Å². The van der Waals surface area contributed by atoms with Crippen molar-refractivity contribution in [3.05, 3.63) is 10.4 Å². The first-order valence-electron chi connectivity index (χ1n) is 4.61. The average molecular weight is 183 g/mol. The minimum Gasteiger partial charge on any atom is -0.390 e. The highest BCUT2D eigenvalue weighted by atomic mass is 16.5. The summed E-state index contributed by atoms with van der Waals surface area (Å²) in [5, 5.41) is 13.4. The lowest BCUT2D eigenvalue weighted by Crippen LogP contribution is -2.47. The van der Waals surface area contributed by atoms with Gasteiger partial charge in [0.1, 0.15) is 0 Å². The Kier molecular flexibility index (Phi) is 2.15. The zero-order valence-electron chi connectivity index (χ0n) is 7.50. The van der Waals surface area contributed by atoms with E-state index in [0.29, 0.717) is 0 Å². The first-order chi connectivity index (χ1) is 6.24. The molecule has 0 aromatic heterocycles. The number of azide groups is 1.